The van der Waals surface area contributed by atoms with Gasteiger partial charge in [-0.15, -0.1) is 6.07 Å². The van der Waals surface area contributed by atoms with Crippen LogP contribution in [0, 0.1) is 34.6 Å². The number of methoxy groups -OCH3 is 1. The van der Waals surface area contributed by atoms with Gasteiger partial charge < -0.3 is 34.0 Å². The molecule has 2 aromatic rings. The van der Waals surface area contributed by atoms with E-state index in [1.807, 2.05) is 18.2 Å². The second-order valence-corrected chi connectivity index (χ2v) is 11.2. The van der Waals surface area contributed by atoms with Crippen LogP contribution < -0.4 is 34.0 Å². The van der Waals surface area contributed by atoms with Crippen LogP contribution in [0.4, 0.5) is 0 Å². The second kappa shape index (κ2) is 12.4. The van der Waals surface area contributed by atoms with E-state index < -0.39 is 8.32 Å². The number of hydrogen-bond acceptors (Lipinski definition) is 2. The largest absolute Gasteiger partial charge is 4.00 e. The molecule has 0 atom stereocenters. The molecule has 2 rings (SSSR count). The molecule has 140 valence electrons. The zero-order valence-corrected chi connectivity index (χ0v) is 21.8. The van der Waals surface area contributed by atoms with Gasteiger partial charge in [-0.2, -0.15) is 33.9 Å². The minimum atomic E-state index is -1.49. The molecule has 2 aromatic carbocycles. The van der Waals surface area contributed by atoms with Crippen molar-refractivity contribution in [3.8, 4) is 11.5 Å². The molecule has 25 heavy (non-hydrogen) atoms. The van der Waals surface area contributed by atoms with Gasteiger partial charge in [0.2, 0.25) is 8.32 Å². The molecule has 0 N–H and O–H groups in total. The van der Waals surface area contributed by atoms with Crippen LogP contribution in [0.25, 0.3) is 0 Å². The molecule has 0 bridgehead atoms. The summed E-state index contributed by atoms with van der Waals surface area (Å²) in [6, 6.07) is 5.79. The first kappa shape index (κ1) is 29.7. The fourth-order valence-corrected chi connectivity index (χ4v) is 3.20. The monoisotopic (exact) mass is 478 g/mol. The van der Waals surface area contributed by atoms with Crippen LogP contribution in [0.2, 0.25) is 19.6 Å². The molecular weight excluding hydrogens is 450 g/mol. The zero-order valence-electron chi connectivity index (χ0n) is 16.8. The van der Waals surface area contributed by atoms with Gasteiger partial charge in [-0.05, 0) is 19.6 Å². The molecule has 0 aliphatic carbocycles. The number of halogens is 2. The maximum absolute atomic E-state index is 5.78. The van der Waals surface area contributed by atoms with E-state index in [9.17, 15) is 0 Å². The van der Waals surface area contributed by atoms with E-state index in [4.69, 9.17) is 9.16 Å². The van der Waals surface area contributed by atoms with E-state index in [1.54, 1.807) is 7.11 Å². The van der Waals surface area contributed by atoms with Crippen molar-refractivity contribution >= 4 is 8.32 Å². The van der Waals surface area contributed by atoms with Gasteiger partial charge in [0.05, 0.1) is 7.11 Å². The fraction of sp³-hybridized carbons (Fsp3) is 0.474. The number of hydrogen-bond donors (Lipinski definition) is 0. The van der Waals surface area contributed by atoms with Crippen molar-refractivity contribution in [3.05, 3.63) is 46.0 Å². The quantitative estimate of drug-likeness (QED) is 0.439. The summed E-state index contributed by atoms with van der Waals surface area (Å²) in [5, 5.41) is 0. The van der Waals surface area contributed by atoms with Gasteiger partial charge in [0.25, 0.3) is 0 Å². The number of ether oxygens (including phenoxy) is 1. The van der Waals surface area contributed by atoms with Crippen LogP contribution >= 0.6 is 0 Å². The van der Waals surface area contributed by atoms with E-state index in [0.717, 1.165) is 11.5 Å². The molecule has 6 heteroatoms. The van der Waals surface area contributed by atoms with Crippen LogP contribution in [0.5, 0.6) is 11.5 Å². The van der Waals surface area contributed by atoms with Crippen LogP contribution in [-0.2, 0) is 26.2 Å². The Morgan fingerprint density at radius 2 is 1.36 bits per heavy atom. The molecule has 0 aromatic heterocycles. The molecule has 0 saturated heterocycles. The number of rotatable bonds is 3. The van der Waals surface area contributed by atoms with Gasteiger partial charge in [0.1, 0.15) is 0 Å². The minimum absolute atomic E-state index is 0. The average molecular weight is 481 g/mol. The third-order valence-electron chi connectivity index (χ3n) is 4.19. The maximum atomic E-state index is 5.78. The van der Waals surface area contributed by atoms with Gasteiger partial charge in [0.15, 0.2) is 0 Å². The molecule has 0 aliphatic rings. The van der Waals surface area contributed by atoms with Crippen molar-refractivity contribution in [1.82, 2.24) is 0 Å². The molecule has 2 nitrogen and oxygen atoms in total. The standard InChI is InChI=1S/C10H15.C9H15O2Si.2ClH.Zr/c1-6-7(2)9(4)10(5)8(6)3;1-10-8-6-5-7-9(8)11-12(2,3)4;;;/h1-5H3;5-7H,1-4H3;2*1H;/q2*-1;;;+4/p-2. The summed E-state index contributed by atoms with van der Waals surface area (Å²) >= 11 is 0. The van der Waals surface area contributed by atoms with Gasteiger partial charge in [-0.25, -0.2) is 6.07 Å². The SMILES string of the molecule is CO[c-]1cccc1O[Si](C)(C)C.Cc1c(C)c(C)[c-](C)c1C.[Cl-].[Cl-].[Zr+4]. The van der Waals surface area contributed by atoms with Crippen molar-refractivity contribution in [2.24, 2.45) is 0 Å². The smallest absolute Gasteiger partial charge is 1.00 e. The average Bonchev–Trinajstić information content (AvgIpc) is 2.94. The normalized spacial score (nSPS) is 9.64. The van der Waals surface area contributed by atoms with Crippen molar-refractivity contribution in [2.45, 2.75) is 54.3 Å². The van der Waals surface area contributed by atoms with Crippen LogP contribution in [0.1, 0.15) is 27.8 Å². The molecule has 0 aliphatic heterocycles. The maximum Gasteiger partial charge on any atom is 4.00 e. The van der Waals surface area contributed by atoms with Crippen molar-refractivity contribution in [3.63, 3.8) is 0 Å². The van der Waals surface area contributed by atoms with Gasteiger partial charge in [-0.3, -0.25) is 0 Å². The van der Waals surface area contributed by atoms with Crippen molar-refractivity contribution in [1.29, 1.82) is 0 Å². The predicted molar refractivity (Wildman–Crippen MR) is 98.3 cm³/mol. The van der Waals surface area contributed by atoms with E-state index in [1.165, 1.54) is 27.8 Å². The second-order valence-electron chi connectivity index (χ2n) is 6.80. The molecule has 0 heterocycles. The Morgan fingerprint density at radius 3 is 1.64 bits per heavy atom. The predicted octanol–water partition coefficient (Wildman–Crippen LogP) is -0.419. The zero-order chi connectivity index (χ0) is 17.1. The topological polar surface area (TPSA) is 18.5 Å². The minimum Gasteiger partial charge on any atom is -1.00 e. The Balaban J connectivity index is -0.000000350. The summed E-state index contributed by atoms with van der Waals surface area (Å²) in [6.45, 7) is 17.5. The van der Waals surface area contributed by atoms with Crippen LogP contribution in [0.3, 0.4) is 0 Å². The van der Waals surface area contributed by atoms with E-state index >= 15 is 0 Å². The Morgan fingerprint density at radius 1 is 0.920 bits per heavy atom. The molecular formula is C19H30Cl2O2SiZr. The molecule has 0 amide bonds. The van der Waals surface area contributed by atoms with Gasteiger partial charge >= 0.3 is 26.2 Å². The molecule has 0 radical (unpaired) electrons. The summed E-state index contributed by atoms with van der Waals surface area (Å²) < 4.78 is 10.9. The Kier molecular flexibility index (Phi) is 14.7. The summed E-state index contributed by atoms with van der Waals surface area (Å²) in [5.74, 6) is 1.70. The first-order valence-corrected chi connectivity index (χ1v) is 11.2. The summed E-state index contributed by atoms with van der Waals surface area (Å²) in [5.41, 5.74) is 7.34. The van der Waals surface area contributed by atoms with Gasteiger partial charge in [0, 0.05) is 11.5 Å². The Bertz CT molecular complexity index is 548. The molecule has 0 saturated carbocycles. The first-order chi connectivity index (χ1) is 10.1. The molecule has 0 unspecified atom stereocenters. The van der Waals surface area contributed by atoms with E-state index in [-0.39, 0.29) is 51.0 Å². The van der Waals surface area contributed by atoms with Crippen molar-refractivity contribution < 1.29 is 60.2 Å². The molecule has 0 fully saturated rings. The van der Waals surface area contributed by atoms with E-state index in [2.05, 4.69) is 54.3 Å². The van der Waals surface area contributed by atoms with Crippen molar-refractivity contribution in [2.75, 3.05) is 7.11 Å². The van der Waals surface area contributed by atoms with Gasteiger partial charge in [-0.1, -0.05) is 34.6 Å². The summed E-state index contributed by atoms with van der Waals surface area (Å²) in [6.07, 6.45) is 0. The third kappa shape index (κ3) is 8.47. The van der Waals surface area contributed by atoms with E-state index in [0.29, 0.717) is 0 Å². The molecule has 0 spiro atoms. The van der Waals surface area contributed by atoms with Crippen LogP contribution in [-0.4, -0.2) is 15.4 Å². The summed E-state index contributed by atoms with van der Waals surface area (Å²) in [4.78, 5) is 0. The first-order valence-electron chi connectivity index (χ1n) is 7.76. The Labute approximate surface area is 186 Å². The third-order valence-corrected chi connectivity index (χ3v) is 5.02. The fourth-order valence-electron chi connectivity index (χ4n) is 2.38. The Hall–Kier alpha value is -0.0200. The van der Waals surface area contributed by atoms with Crippen LogP contribution in [0.15, 0.2) is 18.2 Å². The summed E-state index contributed by atoms with van der Waals surface area (Å²) in [7, 11) is 0.170.